The molecule has 5 rings (SSSR count). The molecule has 2 aromatic rings. The molecule has 3 fully saturated rings. The summed E-state index contributed by atoms with van der Waals surface area (Å²) in [4.78, 5) is 7.88. The van der Waals surface area contributed by atoms with Crippen LogP contribution in [-0.2, 0) is 0 Å². The third kappa shape index (κ3) is 4.44. The van der Waals surface area contributed by atoms with E-state index in [0.29, 0.717) is 24.6 Å². The number of hydrogen-bond acceptors (Lipinski definition) is 8. The highest BCUT2D eigenvalue weighted by Gasteiger charge is 2.48. The van der Waals surface area contributed by atoms with Gasteiger partial charge in [0.15, 0.2) is 5.82 Å². The molecule has 3 heterocycles. The standard InChI is InChI=1S/C23H28FN7S2/c1-30-8-2-15(3-9-30)17-10-16(33-29-23(13-24)6-7-23)12-31-18(17)11-28-20(31)19(26)32-21(27)22(14-25)4-5-22/h10-12,15,26-27,29H,2-9,13H2,1H3. The molecular weight excluding hydrogens is 457 g/mol. The maximum atomic E-state index is 13.4. The molecular formula is C23H28FN7S2. The SMILES string of the molecule is CN1CCC(c2cc(SNC3(CF)CC3)cn3c(C(=N)SC(=N)C4(C#N)CC4)ncc23)CC1. The van der Waals surface area contributed by atoms with Gasteiger partial charge in [-0.3, -0.25) is 19.9 Å². The van der Waals surface area contributed by atoms with Crippen LogP contribution in [0.2, 0.25) is 0 Å². The van der Waals surface area contributed by atoms with E-state index >= 15 is 0 Å². The Kier molecular flexibility index (Phi) is 6.02. The molecule has 0 radical (unpaired) electrons. The minimum absolute atomic E-state index is 0.174. The van der Waals surface area contributed by atoms with Gasteiger partial charge in [-0.05, 0) is 88.2 Å². The second-order valence-corrected chi connectivity index (χ2v) is 11.5. The van der Waals surface area contributed by atoms with Crippen molar-refractivity contribution < 1.29 is 4.39 Å². The number of piperidine rings is 1. The molecule has 1 aliphatic heterocycles. The lowest BCUT2D eigenvalue weighted by molar-refractivity contribution is 0.255. The molecule has 3 N–H and O–H groups in total. The van der Waals surface area contributed by atoms with E-state index in [1.54, 1.807) is 0 Å². The van der Waals surface area contributed by atoms with Crippen LogP contribution < -0.4 is 4.72 Å². The second kappa shape index (κ2) is 8.69. The third-order valence-corrected chi connectivity index (χ3v) is 9.08. The van der Waals surface area contributed by atoms with Crippen molar-refractivity contribution in [3.63, 3.8) is 0 Å². The van der Waals surface area contributed by atoms with Crippen molar-refractivity contribution in [1.82, 2.24) is 19.0 Å². The lowest BCUT2D eigenvalue weighted by Gasteiger charge is -2.30. The molecule has 3 aliphatic rings. The maximum Gasteiger partial charge on any atom is 0.169 e. The van der Waals surface area contributed by atoms with Crippen molar-refractivity contribution in [2.75, 3.05) is 26.8 Å². The van der Waals surface area contributed by atoms with Crippen molar-refractivity contribution >= 4 is 39.3 Å². The van der Waals surface area contributed by atoms with Gasteiger partial charge in [-0.25, -0.2) is 9.37 Å². The molecule has 7 nitrogen and oxygen atoms in total. The van der Waals surface area contributed by atoms with Gasteiger partial charge < -0.3 is 4.90 Å². The van der Waals surface area contributed by atoms with Crippen molar-refractivity contribution in [2.24, 2.45) is 5.41 Å². The van der Waals surface area contributed by atoms with Crippen LogP contribution in [0.5, 0.6) is 0 Å². The largest absolute Gasteiger partial charge is 0.306 e. The van der Waals surface area contributed by atoms with Gasteiger partial charge in [0, 0.05) is 11.1 Å². The number of thioether (sulfide) groups is 1. The Hall–Kier alpha value is -1.93. The van der Waals surface area contributed by atoms with Gasteiger partial charge in [-0.15, -0.1) is 0 Å². The molecule has 0 bridgehead atoms. The lowest BCUT2D eigenvalue weighted by atomic mass is 9.89. The summed E-state index contributed by atoms with van der Waals surface area (Å²) in [6.45, 7) is 1.71. The predicted octanol–water partition coefficient (Wildman–Crippen LogP) is 4.58. The molecule has 33 heavy (non-hydrogen) atoms. The Labute approximate surface area is 201 Å². The van der Waals surface area contributed by atoms with Crippen molar-refractivity contribution in [2.45, 2.75) is 54.9 Å². The summed E-state index contributed by atoms with van der Waals surface area (Å²) in [6, 6.07) is 4.42. The average Bonchev–Trinajstić information content (AvgIpc) is 3.74. The van der Waals surface area contributed by atoms with E-state index in [0.717, 1.165) is 60.9 Å². The van der Waals surface area contributed by atoms with Crippen LogP contribution in [0.25, 0.3) is 5.52 Å². The number of alkyl halides is 1. The first-order chi connectivity index (χ1) is 15.9. The number of fused-ring (bicyclic) bond motifs is 1. The van der Waals surface area contributed by atoms with Gasteiger partial charge in [0.2, 0.25) is 0 Å². The monoisotopic (exact) mass is 485 g/mol. The zero-order chi connectivity index (χ0) is 23.2. The number of likely N-dealkylation sites (tertiary alicyclic amines) is 1. The first-order valence-electron chi connectivity index (χ1n) is 11.4. The highest BCUT2D eigenvalue weighted by atomic mass is 32.2. The molecule has 0 amide bonds. The Morgan fingerprint density at radius 1 is 1.30 bits per heavy atom. The van der Waals surface area contributed by atoms with E-state index in [1.165, 1.54) is 17.5 Å². The van der Waals surface area contributed by atoms with Crippen molar-refractivity contribution in [1.29, 1.82) is 16.1 Å². The number of nitriles is 1. The molecule has 2 saturated carbocycles. The molecule has 1 saturated heterocycles. The molecule has 10 heteroatoms. The van der Waals surface area contributed by atoms with Crippen molar-refractivity contribution in [3.8, 4) is 6.07 Å². The van der Waals surface area contributed by atoms with Gasteiger partial charge in [-0.1, -0.05) is 11.8 Å². The van der Waals surface area contributed by atoms with Gasteiger partial charge in [-0.2, -0.15) is 5.26 Å². The van der Waals surface area contributed by atoms with Crippen LogP contribution in [0.4, 0.5) is 4.39 Å². The van der Waals surface area contributed by atoms with Crippen molar-refractivity contribution in [3.05, 3.63) is 29.8 Å². The van der Waals surface area contributed by atoms with Crippen LogP contribution in [0.3, 0.4) is 0 Å². The number of nitrogens with zero attached hydrogens (tertiary/aromatic N) is 4. The number of nitrogens with one attached hydrogen (secondary N) is 3. The Morgan fingerprint density at radius 2 is 2.03 bits per heavy atom. The predicted molar refractivity (Wildman–Crippen MR) is 131 cm³/mol. The van der Waals surface area contributed by atoms with Crippen LogP contribution in [0.1, 0.15) is 55.8 Å². The summed E-state index contributed by atoms with van der Waals surface area (Å²) in [6.07, 6.45) is 8.97. The fraction of sp³-hybridized carbons (Fsp3) is 0.565. The summed E-state index contributed by atoms with van der Waals surface area (Å²) in [7, 11) is 2.15. The minimum atomic E-state index is -0.709. The zero-order valence-corrected chi connectivity index (χ0v) is 20.3. The Balaban J connectivity index is 1.46. The topological polar surface area (TPSA) is 104 Å². The Bertz CT molecular complexity index is 1140. The summed E-state index contributed by atoms with van der Waals surface area (Å²) >= 11 is 2.48. The van der Waals surface area contributed by atoms with E-state index in [4.69, 9.17) is 10.8 Å². The van der Waals surface area contributed by atoms with E-state index in [1.807, 2.05) is 16.8 Å². The Morgan fingerprint density at radius 3 is 2.64 bits per heavy atom. The third-order valence-electron chi connectivity index (χ3n) is 7.11. The number of rotatable bonds is 7. The summed E-state index contributed by atoms with van der Waals surface area (Å²) in [5.74, 6) is 0.884. The van der Waals surface area contributed by atoms with Crippen LogP contribution >= 0.6 is 23.7 Å². The second-order valence-electron chi connectivity index (χ2n) is 9.62. The van der Waals surface area contributed by atoms with Gasteiger partial charge in [0.05, 0.1) is 28.4 Å². The van der Waals surface area contributed by atoms with Crippen LogP contribution in [0.15, 0.2) is 23.4 Å². The molecule has 2 aromatic heterocycles. The van der Waals surface area contributed by atoms with E-state index in [2.05, 4.69) is 33.8 Å². The number of halogens is 1. The molecule has 0 unspecified atom stereocenters. The first kappa shape index (κ1) is 22.8. The molecule has 0 spiro atoms. The van der Waals surface area contributed by atoms with E-state index in [-0.39, 0.29) is 16.8 Å². The lowest BCUT2D eigenvalue weighted by Crippen LogP contribution is -2.29. The smallest absolute Gasteiger partial charge is 0.169 e. The number of hydrogen-bond donors (Lipinski definition) is 3. The molecule has 174 valence electrons. The molecule has 0 atom stereocenters. The van der Waals surface area contributed by atoms with E-state index < -0.39 is 11.0 Å². The molecule has 0 aromatic carbocycles. The fourth-order valence-corrected chi connectivity index (χ4v) is 6.14. The summed E-state index contributed by atoms with van der Waals surface area (Å²) in [5, 5.41) is 26.8. The number of aromatic nitrogens is 2. The van der Waals surface area contributed by atoms with Gasteiger partial charge in [0.25, 0.3) is 0 Å². The summed E-state index contributed by atoms with van der Waals surface area (Å²) in [5.41, 5.74) is 1.08. The van der Waals surface area contributed by atoms with Crippen LogP contribution in [0, 0.1) is 27.6 Å². The van der Waals surface area contributed by atoms with E-state index in [9.17, 15) is 9.65 Å². The molecule has 2 aliphatic carbocycles. The van der Waals surface area contributed by atoms with Crippen LogP contribution in [-0.4, -0.2) is 56.7 Å². The number of imidazole rings is 1. The normalized spacial score (nSPS) is 21.6. The maximum absolute atomic E-state index is 13.4. The minimum Gasteiger partial charge on any atom is -0.306 e. The quantitative estimate of drug-likeness (QED) is 0.301. The highest BCUT2D eigenvalue weighted by molar-refractivity contribution is 8.26. The fourth-order valence-electron chi connectivity index (χ4n) is 4.31. The van der Waals surface area contributed by atoms with Gasteiger partial charge >= 0.3 is 0 Å². The highest BCUT2D eigenvalue weighted by Crippen LogP contribution is 2.49. The number of pyridine rings is 1. The first-order valence-corrected chi connectivity index (χ1v) is 13.0. The zero-order valence-electron chi connectivity index (χ0n) is 18.7. The van der Waals surface area contributed by atoms with Gasteiger partial charge in [0.1, 0.15) is 17.1 Å². The summed E-state index contributed by atoms with van der Waals surface area (Å²) < 4.78 is 18.7. The average molecular weight is 486 g/mol.